The highest BCUT2D eigenvalue weighted by atomic mass is 16.2. The SMILES string of the molecule is CC(=O)N(C)C1CCN(C(C)C(=O)NC2CCCCC2C)CC1. The van der Waals surface area contributed by atoms with Crippen LogP contribution in [0.4, 0.5) is 0 Å². The van der Waals surface area contributed by atoms with Crippen LogP contribution in [0.1, 0.15) is 59.3 Å². The molecule has 132 valence electrons. The lowest BCUT2D eigenvalue weighted by atomic mass is 9.86. The molecule has 23 heavy (non-hydrogen) atoms. The Kier molecular flexibility index (Phi) is 6.45. The molecule has 0 aromatic heterocycles. The second-order valence-corrected chi connectivity index (χ2v) is 7.45. The molecular formula is C18H33N3O2. The van der Waals surface area contributed by atoms with Crippen LogP contribution in [0.15, 0.2) is 0 Å². The Balaban J connectivity index is 1.80. The molecular weight excluding hydrogens is 290 g/mol. The summed E-state index contributed by atoms with van der Waals surface area (Å²) in [5.74, 6) is 0.887. The summed E-state index contributed by atoms with van der Waals surface area (Å²) < 4.78 is 0. The van der Waals surface area contributed by atoms with Crippen molar-refractivity contribution in [2.24, 2.45) is 5.92 Å². The number of carbonyl (C=O) groups is 2. The normalized spacial score (nSPS) is 28.2. The predicted molar refractivity (Wildman–Crippen MR) is 92.1 cm³/mol. The number of nitrogens with zero attached hydrogens (tertiary/aromatic N) is 2. The Labute approximate surface area is 140 Å². The van der Waals surface area contributed by atoms with Crippen molar-refractivity contribution >= 4 is 11.8 Å². The fraction of sp³-hybridized carbons (Fsp3) is 0.889. The lowest BCUT2D eigenvalue weighted by Gasteiger charge is -2.39. The van der Waals surface area contributed by atoms with E-state index < -0.39 is 0 Å². The van der Waals surface area contributed by atoms with Crippen LogP contribution in [-0.4, -0.2) is 59.9 Å². The van der Waals surface area contributed by atoms with Crippen LogP contribution in [0.5, 0.6) is 0 Å². The average Bonchev–Trinajstić information content (AvgIpc) is 2.55. The van der Waals surface area contributed by atoms with Gasteiger partial charge in [-0.15, -0.1) is 0 Å². The molecule has 0 radical (unpaired) electrons. The molecule has 1 saturated heterocycles. The van der Waals surface area contributed by atoms with Crippen molar-refractivity contribution in [1.29, 1.82) is 0 Å². The first-order valence-electron chi connectivity index (χ1n) is 9.18. The molecule has 3 atom stereocenters. The van der Waals surface area contributed by atoms with Gasteiger partial charge in [-0.1, -0.05) is 19.8 Å². The van der Waals surface area contributed by atoms with Crippen LogP contribution in [0.2, 0.25) is 0 Å². The summed E-state index contributed by atoms with van der Waals surface area (Å²) in [6.45, 7) is 7.65. The number of piperidine rings is 1. The van der Waals surface area contributed by atoms with E-state index in [0.29, 0.717) is 18.0 Å². The van der Waals surface area contributed by atoms with Gasteiger partial charge >= 0.3 is 0 Å². The number of likely N-dealkylation sites (tertiary alicyclic amines) is 1. The van der Waals surface area contributed by atoms with Crippen LogP contribution in [0.3, 0.4) is 0 Å². The minimum Gasteiger partial charge on any atom is -0.352 e. The largest absolute Gasteiger partial charge is 0.352 e. The zero-order valence-corrected chi connectivity index (χ0v) is 15.2. The van der Waals surface area contributed by atoms with E-state index in [0.717, 1.165) is 32.4 Å². The van der Waals surface area contributed by atoms with E-state index in [1.807, 2.05) is 18.9 Å². The lowest BCUT2D eigenvalue weighted by Crippen LogP contribution is -2.54. The first-order chi connectivity index (χ1) is 10.9. The van der Waals surface area contributed by atoms with E-state index in [1.165, 1.54) is 19.3 Å². The van der Waals surface area contributed by atoms with E-state index >= 15 is 0 Å². The molecule has 5 heteroatoms. The Morgan fingerprint density at radius 3 is 2.30 bits per heavy atom. The van der Waals surface area contributed by atoms with E-state index in [4.69, 9.17) is 0 Å². The number of hydrogen-bond acceptors (Lipinski definition) is 3. The van der Waals surface area contributed by atoms with Crippen LogP contribution in [-0.2, 0) is 9.59 Å². The average molecular weight is 323 g/mol. The van der Waals surface area contributed by atoms with Gasteiger partial charge < -0.3 is 10.2 Å². The Morgan fingerprint density at radius 2 is 1.74 bits per heavy atom. The minimum atomic E-state index is -0.0762. The Morgan fingerprint density at radius 1 is 1.13 bits per heavy atom. The molecule has 1 aliphatic carbocycles. The summed E-state index contributed by atoms with van der Waals surface area (Å²) in [4.78, 5) is 28.1. The van der Waals surface area contributed by atoms with Gasteiger partial charge in [0.25, 0.3) is 0 Å². The first kappa shape index (κ1) is 18.2. The second kappa shape index (κ2) is 8.13. The molecule has 0 bridgehead atoms. The molecule has 5 nitrogen and oxygen atoms in total. The van der Waals surface area contributed by atoms with Crippen molar-refractivity contribution < 1.29 is 9.59 Å². The molecule has 1 aliphatic heterocycles. The van der Waals surface area contributed by atoms with Crippen molar-refractivity contribution in [3.8, 4) is 0 Å². The van der Waals surface area contributed by atoms with Gasteiger partial charge in [0.05, 0.1) is 6.04 Å². The molecule has 2 fully saturated rings. The number of nitrogens with one attached hydrogen (secondary N) is 1. The Bertz CT molecular complexity index is 418. The highest BCUT2D eigenvalue weighted by Gasteiger charge is 2.31. The molecule has 1 N–H and O–H groups in total. The summed E-state index contributed by atoms with van der Waals surface area (Å²) in [5, 5.41) is 3.27. The number of hydrogen-bond donors (Lipinski definition) is 1. The van der Waals surface area contributed by atoms with Gasteiger partial charge in [0.15, 0.2) is 0 Å². The van der Waals surface area contributed by atoms with Crippen molar-refractivity contribution in [3.63, 3.8) is 0 Å². The maximum absolute atomic E-state index is 12.6. The second-order valence-electron chi connectivity index (χ2n) is 7.45. The maximum atomic E-state index is 12.6. The van der Waals surface area contributed by atoms with Gasteiger partial charge in [-0.3, -0.25) is 14.5 Å². The van der Waals surface area contributed by atoms with E-state index in [1.54, 1.807) is 6.92 Å². The summed E-state index contributed by atoms with van der Waals surface area (Å²) in [6.07, 6.45) is 6.76. The van der Waals surface area contributed by atoms with Gasteiger partial charge in [-0.25, -0.2) is 0 Å². The van der Waals surface area contributed by atoms with Gasteiger partial charge in [0.2, 0.25) is 11.8 Å². The van der Waals surface area contributed by atoms with Gasteiger partial charge in [-0.2, -0.15) is 0 Å². The quantitative estimate of drug-likeness (QED) is 0.861. The molecule has 3 unspecified atom stereocenters. The predicted octanol–water partition coefficient (Wildman–Crippen LogP) is 2.01. The molecule has 2 aliphatic rings. The summed E-state index contributed by atoms with van der Waals surface area (Å²) in [6, 6.07) is 0.588. The molecule has 2 rings (SSSR count). The summed E-state index contributed by atoms with van der Waals surface area (Å²) >= 11 is 0. The number of carbonyl (C=O) groups excluding carboxylic acids is 2. The first-order valence-corrected chi connectivity index (χ1v) is 9.18. The molecule has 1 heterocycles. The zero-order chi connectivity index (χ0) is 17.0. The summed E-state index contributed by atoms with van der Waals surface area (Å²) in [5.41, 5.74) is 0. The van der Waals surface area contributed by atoms with Crippen LogP contribution >= 0.6 is 0 Å². The standard InChI is InChI=1S/C18H33N3O2/c1-13-7-5-6-8-17(13)19-18(23)14(2)21-11-9-16(10-12-21)20(4)15(3)22/h13-14,16-17H,5-12H2,1-4H3,(H,19,23). The minimum absolute atomic E-state index is 0.0762. The van der Waals surface area contributed by atoms with Gasteiger partial charge in [-0.05, 0) is 38.5 Å². The fourth-order valence-electron chi connectivity index (χ4n) is 3.92. The summed E-state index contributed by atoms with van der Waals surface area (Å²) in [7, 11) is 1.88. The molecule has 0 spiro atoms. The third kappa shape index (κ3) is 4.69. The monoisotopic (exact) mass is 323 g/mol. The molecule has 0 aromatic rings. The van der Waals surface area contributed by atoms with Crippen LogP contribution in [0, 0.1) is 5.92 Å². The van der Waals surface area contributed by atoms with Gasteiger partial charge in [0.1, 0.15) is 0 Å². The molecule has 1 saturated carbocycles. The number of rotatable bonds is 4. The van der Waals surface area contributed by atoms with Crippen molar-refractivity contribution in [2.75, 3.05) is 20.1 Å². The topological polar surface area (TPSA) is 52.7 Å². The Hall–Kier alpha value is -1.10. The third-order valence-electron chi connectivity index (χ3n) is 5.91. The van der Waals surface area contributed by atoms with E-state index in [9.17, 15) is 9.59 Å². The maximum Gasteiger partial charge on any atom is 0.237 e. The van der Waals surface area contributed by atoms with E-state index in [-0.39, 0.29) is 17.9 Å². The van der Waals surface area contributed by atoms with Crippen molar-refractivity contribution in [1.82, 2.24) is 15.1 Å². The van der Waals surface area contributed by atoms with Crippen LogP contribution < -0.4 is 5.32 Å². The fourth-order valence-corrected chi connectivity index (χ4v) is 3.92. The lowest BCUT2D eigenvalue weighted by molar-refractivity contribution is -0.132. The number of amides is 2. The smallest absolute Gasteiger partial charge is 0.237 e. The van der Waals surface area contributed by atoms with E-state index in [2.05, 4.69) is 17.1 Å². The zero-order valence-electron chi connectivity index (χ0n) is 15.2. The highest BCUT2D eigenvalue weighted by Crippen LogP contribution is 2.24. The van der Waals surface area contributed by atoms with Crippen molar-refractivity contribution in [2.45, 2.75) is 77.4 Å². The van der Waals surface area contributed by atoms with Gasteiger partial charge in [0, 0.05) is 39.1 Å². The third-order valence-corrected chi connectivity index (χ3v) is 5.91. The molecule has 0 aromatic carbocycles. The molecule has 2 amide bonds. The highest BCUT2D eigenvalue weighted by molar-refractivity contribution is 5.81. The van der Waals surface area contributed by atoms with Crippen molar-refractivity contribution in [3.05, 3.63) is 0 Å². The van der Waals surface area contributed by atoms with Crippen LogP contribution in [0.25, 0.3) is 0 Å².